The number of alkyl halides is 1. The molecule has 1 aromatic carbocycles. The number of hydrogen-bond donors (Lipinski definition) is 1. The van der Waals surface area contributed by atoms with E-state index in [1.807, 2.05) is 0 Å². The average Bonchev–Trinajstić information content (AvgIpc) is 2.28. The van der Waals surface area contributed by atoms with Crippen molar-refractivity contribution in [3.8, 4) is 0 Å². The fourth-order valence-electron chi connectivity index (χ4n) is 1.09. The van der Waals surface area contributed by atoms with Gasteiger partial charge in [0.2, 0.25) is 10.0 Å². The Morgan fingerprint density at radius 2 is 2.12 bits per heavy atom. The first-order valence-corrected chi connectivity index (χ1v) is 7.45. The minimum Gasteiger partial charge on any atom is -0.293 e. The van der Waals surface area contributed by atoms with Crippen LogP contribution in [0.4, 0.5) is 5.69 Å². The summed E-state index contributed by atoms with van der Waals surface area (Å²) in [6.45, 7) is 1.55. The maximum absolute atomic E-state index is 11.4. The zero-order chi connectivity index (χ0) is 12.2. The molecule has 0 saturated heterocycles. The molecular formula is C10H12BrNO3S. The molecular weight excluding hydrogens is 294 g/mol. The molecule has 16 heavy (non-hydrogen) atoms. The van der Waals surface area contributed by atoms with E-state index in [1.165, 1.54) is 6.07 Å². The van der Waals surface area contributed by atoms with Gasteiger partial charge >= 0.3 is 0 Å². The molecule has 4 nitrogen and oxygen atoms in total. The van der Waals surface area contributed by atoms with Crippen LogP contribution in [0.5, 0.6) is 0 Å². The quantitative estimate of drug-likeness (QED) is 0.669. The van der Waals surface area contributed by atoms with Crippen molar-refractivity contribution in [3.05, 3.63) is 29.8 Å². The number of rotatable bonds is 5. The number of sulfonamides is 1. The van der Waals surface area contributed by atoms with E-state index in [-0.39, 0.29) is 16.9 Å². The molecule has 0 amide bonds. The van der Waals surface area contributed by atoms with E-state index in [0.29, 0.717) is 11.3 Å². The van der Waals surface area contributed by atoms with Gasteiger partial charge in [-0.3, -0.25) is 9.52 Å². The minimum absolute atomic E-state index is 0.00359. The number of hydrogen-bond acceptors (Lipinski definition) is 3. The van der Waals surface area contributed by atoms with Crippen molar-refractivity contribution >= 4 is 37.4 Å². The Bertz CT molecular complexity index is 485. The van der Waals surface area contributed by atoms with E-state index in [4.69, 9.17) is 0 Å². The first kappa shape index (κ1) is 13.2. The predicted octanol–water partition coefficient (Wildman–Crippen LogP) is 2.03. The zero-order valence-corrected chi connectivity index (χ0v) is 11.1. The second kappa shape index (κ2) is 5.45. The SMILES string of the molecule is CCS(=O)(=O)Nc1cccc(C(=O)CBr)c1. The molecule has 0 atom stereocenters. The third-order valence-electron chi connectivity index (χ3n) is 1.96. The first-order valence-electron chi connectivity index (χ1n) is 4.68. The number of carbonyl (C=O) groups is 1. The molecule has 6 heteroatoms. The number of benzene rings is 1. The van der Waals surface area contributed by atoms with Crippen molar-refractivity contribution in [1.29, 1.82) is 0 Å². The van der Waals surface area contributed by atoms with Gasteiger partial charge in [-0.1, -0.05) is 28.1 Å². The van der Waals surface area contributed by atoms with E-state index in [0.717, 1.165) is 0 Å². The Labute approximate surface area is 103 Å². The third-order valence-corrected chi connectivity index (χ3v) is 3.78. The normalized spacial score (nSPS) is 11.1. The topological polar surface area (TPSA) is 63.2 Å². The van der Waals surface area contributed by atoms with Gasteiger partial charge in [-0.25, -0.2) is 8.42 Å². The van der Waals surface area contributed by atoms with Gasteiger partial charge in [-0.2, -0.15) is 0 Å². The van der Waals surface area contributed by atoms with Gasteiger partial charge in [0, 0.05) is 11.3 Å². The molecule has 1 rings (SSSR count). The molecule has 88 valence electrons. The van der Waals surface area contributed by atoms with Crippen LogP contribution in [0.3, 0.4) is 0 Å². The van der Waals surface area contributed by atoms with Gasteiger partial charge in [0.25, 0.3) is 0 Å². The molecule has 0 aliphatic rings. The Hall–Kier alpha value is -0.880. The molecule has 1 aromatic rings. The zero-order valence-electron chi connectivity index (χ0n) is 8.73. The number of anilines is 1. The second-order valence-electron chi connectivity index (χ2n) is 3.14. The fourth-order valence-corrected chi connectivity index (χ4v) is 2.04. The minimum atomic E-state index is -3.29. The lowest BCUT2D eigenvalue weighted by molar-refractivity contribution is 0.102. The van der Waals surface area contributed by atoms with Crippen molar-refractivity contribution in [2.75, 3.05) is 15.8 Å². The van der Waals surface area contributed by atoms with E-state index >= 15 is 0 Å². The highest BCUT2D eigenvalue weighted by Crippen LogP contribution is 2.13. The van der Waals surface area contributed by atoms with Gasteiger partial charge in [-0.15, -0.1) is 0 Å². The highest BCUT2D eigenvalue weighted by atomic mass is 79.9. The number of Topliss-reactive ketones (excluding diaryl/α,β-unsaturated/α-hetero) is 1. The smallest absolute Gasteiger partial charge is 0.232 e. The monoisotopic (exact) mass is 305 g/mol. The van der Waals surface area contributed by atoms with Crippen LogP contribution in [0, 0.1) is 0 Å². The summed E-state index contributed by atoms with van der Waals surface area (Å²) in [5.41, 5.74) is 0.891. The fraction of sp³-hybridized carbons (Fsp3) is 0.300. The number of ketones is 1. The van der Waals surface area contributed by atoms with E-state index in [9.17, 15) is 13.2 Å². The van der Waals surface area contributed by atoms with Crippen LogP contribution >= 0.6 is 15.9 Å². The van der Waals surface area contributed by atoms with Crippen molar-refractivity contribution in [1.82, 2.24) is 0 Å². The first-order chi connectivity index (χ1) is 7.48. The molecule has 0 radical (unpaired) electrons. The lowest BCUT2D eigenvalue weighted by atomic mass is 10.1. The Kier molecular flexibility index (Phi) is 4.49. The van der Waals surface area contributed by atoms with Gasteiger partial charge in [0.15, 0.2) is 5.78 Å². The van der Waals surface area contributed by atoms with E-state index in [1.54, 1.807) is 25.1 Å². The number of nitrogens with one attached hydrogen (secondary N) is 1. The van der Waals surface area contributed by atoms with Crippen molar-refractivity contribution in [2.24, 2.45) is 0 Å². The summed E-state index contributed by atoms with van der Waals surface area (Å²) in [7, 11) is -3.29. The van der Waals surface area contributed by atoms with Gasteiger partial charge in [0.1, 0.15) is 0 Å². The van der Waals surface area contributed by atoms with Crippen molar-refractivity contribution in [3.63, 3.8) is 0 Å². The Morgan fingerprint density at radius 1 is 1.44 bits per heavy atom. The summed E-state index contributed by atoms with van der Waals surface area (Å²) in [6, 6.07) is 6.42. The molecule has 0 bridgehead atoms. The van der Waals surface area contributed by atoms with Crippen molar-refractivity contribution < 1.29 is 13.2 Å². The highest BCUT2D eigenvalue weighted by Gasteiger charge is 2.09. The van der Waals surface area contributed by atoms with E-state index in [2.05, 4.69) is 20.7 Å². The Balaban J connectivity index is 2.96. The molecule has 0 unspecified atom stereocenters. The van der Waals surface area contributed by atoms with Crippen LogP contribution in [-0.4, -0.2) is 25.3 Å². The van der Waals surface area contributed by atoms with Crippen LogP contribution < -0.4 is 4.72 Å². The summed E-state index contributed by atoms with van der Waals surface area (Å²) < 4.78 is 25.0. The van der Waals surface area contributed by atoms with Crippen LogP contribution in [0.1, 0.15) is 17.3 Å². The second-order valence-corrected chi connectivity index (χ2v) is 5.71. The third kappa shape index (κ3) is 3.61. The van der Waals surface area contributed by atoms with E-state index < -0.39 is 10.0 Å². The van der Waals surface area contributed by atoms with Crippen LogP contribution in [0.2, 0.25) is 0 Å². The standard InChI is InChI=1S/C10H12BrNO3S/c1-2-16(14,15)12-9-5-3-4-8(6-9)10(13)7-11/h3-6,12H,2,7H2,1H3. The number of halogens is 1. The van der Waals surface area contributed by atoms with Gasteiger partial charge in [0.05, 0.1) is 11.1 Å². The summed E-state index contributed by atoms with van der Waals surface area (Å²) in [5.74, 6) is -0.0820. The maximum Gasteiger partial charge on any atom is 0.232 e. The molecule has 0 aromatic heterocycles. The Morgan fingerprint density at radius 3 is 2.69 bits per heavy atom. The molecule has 0 aliphatic carbocycles. The summed E-state index contributed by atoms with van der Waals surface area (Å²) in [6.07, 6.45) is 0. The number of carbonyl (C=O) groups excluding carboxylic acids is 1. The average molecular weight is 306 g/mol. The molecule has 0 spiro atoms. The lowest BCUT2D eigenvalue weighted by Gasteiger charge is -2.06. The van der Waals surface area contributed by atoms with Gasteiger partial charge < -0.3 is 0 Å². The predicted molar refractivity (Wildman–Crippen MR) is 67.7 cm³/mol. The van der Waals surface area contributed by atoms with Crippen molar-refractivity contribution in [2.45, 2.75) is 6.92 Å². The largest absolute Gasteiger partial charge is 0.293 e. The van der Waals surface area contributed by atoms with Crippen LogP contribution in [-0.2, 0) is 10.0 Å². The molecule has 0 saturated carbocycles. The summed E-state index contributed by atoms with van der Waals surface area (Å²) in [5, 5.41) is 0.219. The lowest BCUT2D eigenvalue weighted by Crippen LogP contribution is -2.15. The maximum atomic E-state index is 11.4. The summed E-state index contributed by atoms with van der Waals surface area (Å²) >= 11 is 3.06. The molecule has 0 fully saturated rings. The van der Waals surface area contributed by atoms with Crippen LogP contribution in [0.25, 0.3) is 0 Å². The molecule has 0 heterocycles. The molecule has 0 aliphatic heterocycles. The summed E-state index contributed by atoms with van der Waals surface area (Å²) in [4.78, 5) is 11.4. The highest BCUT2D eigenvalue weighted by molar-refractivity contribution is 9.09. The molecule has 1 N–H and O–H groups in total. The van der Waals surface area contributed by atoms with Gasteiger partial charge in [-0.05, 0) is 19.1 Å². The van der Waals surface area contributed by atoms with Crippen LogP contribution in [0.15, 0.2) is 24.3 Å².